The van der Waals surface area contributed by atoms with E-state index >= 15 is 0 Å². The van der Waals surface area contributed by atoms with Gasteiger partial charge in [0.05, 0.1) is 10.9 Å². The van der Waals surface area contributed by atoms with Crippen molar-refractivity contribution in [3.63, 3.8) is 0 Å². The van der Waals surface area contributed by atoms with Gasteiger partial charge < -0.3 is 4.74 Å². The number of rotatable bonds is 0. The van der Waals surface area contributed by atoms with Gasteiger partial charge in [0.2, 0.25) is 0 Å². The lowest BCUT2D eigenvalue weighted by Gasteiger charge is -2.31. The lowest BCUT2D eigenvalue weighted by Crippen LogP contribution is -2.36. The number of hydrogen-bond donors (Lipinski definition) is 0. The van der Waals surface area contributed by atoms with Crippen LogP contribution in [0.5, 0.6) is 5.75 Å². The van der Waals surface area contributed by atoms with Gasteiger partial charge in [-0.15, -0.1) is 0 Å². The molecular weight excluding hydrogens is 229 g/mol. The third-order valence-corrected chi connectivity index (χ3v) is 2.87. The van der Waals surface area contributed by atoms with E-state index in [9.17, 15) is 13.2 Å². The van der Waals surface area contributed by atoms with Gasteiger partial charge in [0, 0.05) is 5.56 Å². The van der Waals surface area contributed by atoms with Crippen LogP contribution in [0, 0.1) is 5.82 Å². The van der Waals surface area contributed by atoms with Crippen molar-refractivity contribution in [2.75, 3.05) is 6.61 Å². The minimum atomic E-state index is -3.06. The van der Waals surface area contributed by atoms with Crippen LogP contribution in [0.25, 0.3) is 0 Å². The van der Waals surface area contributed by atoms with Crippen LogP contribution in [0.4, 0.5) is 13.2 Å². The fraction of sp³-hybridized carbons (Fsp3) is 0.400. The van der Waals surface area contributed by atoms with Crippen molar-refractivity contribution in [2.24, 2.45) is 0 Å². The zero-order chi connectivity index (χ0) is 11.2. The Morgan fingerprint density at radius 3 is 2.80 bits per heavy atom. The quantitative estimate of drug-likeness (QED) is 0.669. The van der Waals surface area contributed by atoms with E-state index in [1.807, 2.05) is 0 Å². The van der Waals surface area contributed by atoms with E-state index in [2.05, 4.69) is 0 Å². The maximum atomic E-state index is 13.5. The van der Waals surface area contributed by atoms with Gasteiger partial charge in [0.25, 0.3) is 5.92 Å². The highest BCUT2D eigenvalue weighted by Gasteiger charge is 2.45. The summed E-state index contributed by atoms with van der Waals surface area (Å²) in [5.74, 6) is -4.95. The van der Waals surface area contributed by atoms with Gasteiger partial charge in [-0.1, -0.05) is 18.5 Å². The molecule has 1 aliphatic rings. The molecule has 0 fully saturated rings. The zero-order valence-corrected chi connectivity index (χ0v) is 8.62. The van der Waals surface area contributed by atoms with E-state index in [0.29, 0.717) is 0 Å². The van der Waals surface area contributed by atoms with Crippen LogP contribution in [0.15, 0.2) is 12.1 Å². The second-order valence-electron chi connectivity index (χ2n) is 3.54. The van der Waals surface area contributed by atoms with E-state index in [4.69, 9.17) is 16.3 Å². The monoisotopic (exact) mass is 236 g/mol. The Morgan fingerprint density at radius 1 is 1.47 bits per heavy atom. The van der Waals surface area contributed by atoms with Crippen molar-refractivity contribution in [3.8, 4) is 5.75 Å². The largest absolute Gasteiger partial charge is 0.487 e. The van der Waals surface area contributed by atoms with Gasteiger partial charge in [-0.3, -0.25) is 0 Å². The molecule has 5 heteroatoms. The highest BCUT2D eigenvalue weighted by atomic mass is 35.5. The molecule has 1 nitrogen and oxygen atoms in total. The predicted octanol–water partition coefficient (Wildman–Crippen LogP) is 3.61. The van der Waals surface area contributed by atoms with E-state index in [-0.39, 0.29) is 16.3 Å². The Hall–Kier alpha value is -0.900. The first-order chi connectivity index (χ1) is 6.93. The zero-order valence-electron chi connectivity index (χ0n) is 7.86. The number of halogens is 4. The van der Waals surface area contributed by atoms with Crippen LogP contribution >= 0.6 is 11.6 Å². The SMILES string of the molecule is CC1c2c(ccc(Cl)c2F)OCC1(F)F. The molecule has 0 saturated carbocycles. The van der Waals surface area contributed by atoms with Crippen LogP contribution in [-0.4, -0.2) is 12.5 Å². The van der Waals surface area contributed by atoms with Gasteiger partial charge in [0.15, 0.2) is 6.61 Å². The van der Waals surface area contributed by atoms with E-state index < -0.39 is 24.3 Å². The molecule has 0 aliphatic carbocycles. The summed E-state index contributed by atoms with van der Waals surface area (Å²) in [6.07, 6.45) is 0. The molecule has 0 spiro atoms. The first-order valence-electron chi connectivity index (χ1n) is 4.42. The fourth-order valence-corrected chi connectivity index (χ4v) is 1.75. The van der Waals surface area contributed by atoms with Crippen LogP contribution < -0.4 is 4.74 Å². The molecule has 1 unspecified atom stereocenters. The third kappa shape index (κ3) is 1.57. The summed E-state index contributed by atoms with van der Waals surface area (Å²) in [7, 11) is 0. The number of ether oxygens (including phenoxy) is 1. The molecule has 1 aliphatic heterocycles. The molecule has 0 aromatic heterocycles. The lowest BCUT2D eigenvalue weighted by atomic mass is 9.91. The molecular formula is C10H8ClF3O. The van der Waals surface area contributed by atoms with Crippen LogP contribution in [0.3, 0.4) is 0 Å². The topological polar surface area (TPSA) is 9.23 Å². The molecule has 0 N–H and O–H groups in total. The molecule has 0 saturated heterocycles. The van der Waals surface area contributed by atoms with Crippen molar-refractivity contribution < 1.29 is 17.9 Å². The van der Waals surface area contributed by atoms with Gasteiger partial charge >= 0.3 is 0 Å². The second kappa shape index (κ2) is 3.30. The van der Waals surface area contributed by atoms with Crippen LogP contribution in [0.2, 0.25) is 5.02 Å². The van der Waals surface area contributed by atoms with Crippen LogP contribution in [-0.2, 0) is 0 Å². The standard InChI is InChI=1S/C10H8ClF3O/c1-5-8-7(15-4-10(5,13)14)3-2-6(11)9(8)12/h2-3,5H,4H2,1H3. The first kappa shape index (κ1) is 10.6. The highest BCUT2D eigenvalue weighted by molar-refractivity contribution is 6.30. The number of fused-ring (bicyclic) bond motifs is 1. The van der Waals surface area contributed by atoms with Gasteiger partial charge in [0.1, 0.15) is 11.6 Å². The molecule has 1 atom stereocenters. The lowest BCUT2D eigenvalue weighted by molar-refractivity contribution is -0.0733. The predicted molar refractivity (Wildman–Crippen MR) is 50.3 cm³/mol. The second-order valence-corrected chi connectivity index (χ2v) is 3.95. The summed E-state index contributed by atoms with van der Waals surface area (Å²) >= 11 is 5.53. The van der Waals surface area contributed by atoms with E-state index in [0.717, 1.165) is 0 Å². The summed E-state index contributed by atoms with van der Waals surface area (Å²) in [5.41, 5.74) is -0.140. The summed E-state index contributed by atoms with van der Waals surface area (Å²) in [5, 5.41) is -0.165. The molecule has 2 rings (SSSR count). The normalized spacial score (nSPS) is 23.1. The van der Waals surface area contributed by atoms with Gasteiger partial charge in [-0.25, -0.2) is 13.2 Å². The smallest absolute Gasteiger partial charge is 0.288 e. The van der Waals surface area contributed by atoms with Gasteiger partial charge in [-0.05, 0) is 12.1 Å². The minimum Gasteiger partial charge on any atom is -0.487 e. The van der Waals surface area contributed by atoms with Crippen molar-refractivity contribution in [3.05, 3.63) is 28.5 Å². The molecule has 15 heavy (non-hydrogen) atoms. The van der Waals surface area contributed by atoms with E-state index in [1.54, 1.807) is 0 Å². The summed E-state index contributed by atoms with van der Waals surface area (Å²) in [6.45, 7) is 0.545. The maximum Gasteiger partial charge on any atom is 0.288 e. The molecule has 1 aromatic rings. The average molecular weight is 237 g/mol. The number of alkyl halides is 2. The van der Waals surface area contributed by atoms with Crippen molar-refractivity contribution >= 4 is 11.6 Å². The van der Waals surface area contributed by atoms with Crippen molar-refractivity contribution in [1.82, 2.24) is 0 Å². The van der Waals surface area contributed by atoms with Gasteiger partial charge in [-0.2, -0.15) is 0 Å². The first-order valence-corrected chi connectivity index (χ1v) is 4.80. The fourth-order valence-electron chi connectivity index (χ4n) is 1.59. The Labute approximate surface area is 89.8 Å². The molecule has 0 amide bonds. The Balaban J connectivity index is 2.59. The summed E-state index contributed by atoms with van der Waals surface area (Å²) in [6, 6.07) is 2.71. The third-order valence-electron chi connectivity index (χ3n) is 2.58. The molecule has 0 radical (unpaired) electrons. The Morgan fingerprint density at radius 2 is 2.13 bits per heavy atom. The van der Waals surface area contributed by atoms with E-state index in [1.165, 1.54) is 19.1 Å². The molecule has 82 valence electrons. The minimum absolute atomic E-state index is 0.140. The summed E-state index contributed by atoms with van der Waals surface area (Å²) in [4.78, 5) is 0. The Kier molecular flexibility index (Phi) is 2.34. The maximum absolute atomic E-state index is 13.5. The Bertz CT molecular complexity index is 406. The molecule has 1 heterocycles. The van der Waals surface area contributed by atoms with Crippen LogP contribution in [0.1, 0.15) is 18.4 Å². The summed E-state index contributed by atoms with van der Waals surface area (Å²) < 4.78 is 44.8. The van der Waals surface area contributed by atoms with Crippen molar-refractivity contribution in [2.45, 2.75) is 18.8 Å². The number of hydrogen-bond acceptors (Lipinski definition) is 1. The molecule has 0 bridgehead atoms. The number of benzene rings is 1. The molecule has 1 aromatic carbocycles. The van der Waals surface area contributed by atoms with Crippen molar-refractivity contribution in [1.29, 1.82) is 0 Å². The highest BCUT2D eigenvalue weighted by Crippen LogP contribution is 2.44. The average Bonchev–Trinajstić information content (AvgIpc) is 2.17.